The minimum atomic E-state index is 0.0931. The van der Waals surface area contributed by atoms with Gasteiger partial charge in [0.15, 0.2) is 0 Å². The van der Waals surface area contributed by atoms with Crippen LogP contribution in [0, 0.1) is 0 Å². The average Bonchev–Trinajstić information content (AvgIpc) is 3.84. The molecule has 10 aromatic rings. The number of benzene rings is 7. The van der Waals surface area contributed by atoms with Gasteiger partial charge in [0.25, 0.3) is 0 Å². The van der Waals surface area contributed by atoms with E-state index in [-0.39, 0.29) is 5.41 Å². The van der Waals surface area contributed by atoms with E-state index in [9.17, 15) is 0 Å². The summed E-state index contributed by atoms with van der Waals surface area (Å²) in [5.74, 6) is 0.938. The smallest absolute Gasteiger partial charge is 0.145 e. The van der Waals surface area contributed by atoms with Crippen molar-refractivity contribution in [3.63, 3.8) is 0 Å². The van der Waals surface area contributed by atoms with E-state index in [0.717, 1.165) is 33.8 Å². The molecule has 3 aromatic heterocycles. The summed E-state index contributed by atoms with van der Waals surface area (Å²) in [5, 5.41) is 5.16. The molecule has 0 bridgehead atoms. The van der Waals surface area contributed by atoms with Crippen molar-refractivity contribution in [1.82, 2.24) is 14.1 Å². The van der Waals surface area contributed by atoms with Gasteiger partial charge in [-0.05, 0) is 94.9 Å². The number of para-hydroxylation sites is 3. The standard InChI is InChI=1S/C47H35N3S/c1-47(2,3)32-22-26-34(27-23-32)50-43-17-8-6-15-40(43)48-46(50)30-19-24-33(25-20-30)49-41-16-7-4-11-36(41)39-29-31(21-28-42(39)49)35-13-10-14-38-37-12-5-9-18-44(37)51-45(35)38/h4-29H,1-3H3. The number of imidazole rings is 1. The summed E-state index contributed by atoms with van der Waals surface area (Å²) in [4.78, 5) is 5.15. The zero-order chi connectivity index (χ0) is 34.3. The number of nitrogens with zero attached hydrogens (tertiary/aromatic N) is 3. The van der Waals surface area contributed by atoms with E-state index in [2.05, 4.69) is 188 Å². The van der Waals surface area contributed by atoms with Crippen molar-refractivity contribution >= 4 is 64.3 Å². The van der Waals surface area contributed by atoms with Gasteiger partial charge in [-0.1, -0.05) is 106 Å². The summed E-state index contributed by atoms with van der Waals surface area (Å²) in [6.45, 7) is 6.76. The van der Waals surface area contributed by atoms with Crippen LogP contribution in [0.3, 0.4) is 0 Å². The molecular weight excluding hydrogens is 639 g/mol. The zero-order valence-electron chi connectivity index (χ0n) is 28.8. The molecule has 0 fully saturated rings. The topological polar surface area (TPSA) is 22.8 Å². The predicted molar refractivity (Wildman–Crippen MR) is 218 cm³/mol. The van der Waals surface area contributed by atoms with E-state index in [0.29, 0.717) is 0 Å². The predicted octanol–water partition coefficient (Wildman–Crippen LogP) is 13.1. The van der Waals surface area contributed by atoms with Gasteiger partial charge in [-0.25, -0.2) is 4.98 Å². The average molecular weight is 674 g/mol. The fourth-order valence-electron chi connectivity index (χ4n) is 7.74. The highest BCUT2D eigenvalue weighted by Gasteiger charge is 2.19. The molecule has 0 saturated carbocycles. The summed E-state index contributed by atoms with van der Waals surface area (Å²) in [5.41, 5.74) is 11.7. The Morgan fingerprint density at radius 3 is 1.92 bits per heavy atom. The van der Waals surface area contributed by atoms with Gasteiger partial charge in [0.2, 0.25) is 0 Å². The van der Waals surface area contributed by atoms with Gasteiger partial charge in [-0.3, -0.25) is 4.57 Å². The molecule has 7 aromatic carbocycles. The van der Waals surface area contributed by atoms with Crippen LogP contribution in [-0.2, 0) is 5.41 Å². The van der Waals surface area contributed by atoms with Crippen molar-refractivity contribution in [3.05, 3.63) is 163 Å². The summed E-state index contributed by atoms with van der Waals surface area (Å²) in [6, 6.07) is 57.4. The maximum Gasteiger partial charge on any atom is 0.145 e. The van der Waals surface area contributed by atoms with Crippen molar-refractivity contribution in [2.45, 2.75) is 26.2 Å². The lowest BCUT2D eigenvalue weighted by Crippen LogP contribution is -2.11. The van der Waals surface area contributed by atoms with E-state index < -0.39 is 0 Å². The quantitative estimate of drug-likeness (QED) is 0.182. The molecule has 10 rings (SSSR count). The van der Waals surface area contributed by atoms with Gasteiger partial charge >= 0.3 is 0 Å². The molecule has 0 spiro atoms. The molecule has 0 radical (unpaired) electrons. The van der Waals surface area contributed by atoms with E-state index in [4.69, 9.17) is 4.98 Å². The Balaban J connectivity index is 1.09. The Hall–Kier alpha value is -5.97. The first-order valence-corrected chi connectivity index (χ1v) is 18.4. The second-order valence-corrected chi connectivity index (χ2v) is 15.5. The van der Waals surface area contributed by atoms with E-state index >= 15 is 0 Å². The van der Waals surface area contributed by atoms with Crippen LogP contribution in [0.5, 0.6) is 0 Å². The van der Waals surface area contributed by atoms with Crippen LogP contribution in [0.25, 0.3) is 86.9 Å². The van der Waals surface area contributed by atoms with Gasteiger partial charge in [0.1, 0.15) is 5.82 Å². The normalized spacial score (nSPS) is 12.2. The van der Waals surface area contributed by atoms with E-state index in [1.54, 1.807) is 0 Å². The minimum Gasteiger partial charge on any atom is -0.309 e. The second-order valence-electron chi connectivity index (χ2n) is 14.5. The van der Waals surface area contributed by atoms with Crippen molar-refractivity contribution in [2.24, 2.45) is 0 Å². The van der Waals surface area contributed by atoms with Crippen molar-refractivity contribution in [2.75, 3.05) is 0 Å². The lowest BCUT2D eigenvalue weighted by Gasteiger charge is -2.19. The number of hydrogen-bond donors (Lipinski definition) is 0. The molecule has 51 heavy (non-hydrogen) atoms. The molecule has 3 nitrogen and oxygen atoms in total. The lowest BCUT2D eigenvalue weighted by atomic mass is 9.87. The van der Waals surface area contributed by atoms with Gasteiger partial charge in [0, 0.05) is 47.9 Å². The zero-order valence-corrected chi connectivity index (χ0v) is 29.6. The monoisotopic (exact) mass is 673 g/mol. The minimum absolute atomic E-state index is 0.0931. The number of fused-ring (bicyclic) bond motifs is 7. The van der Waals surface area contributed by atoms with Crippen LogP contribution in [0.15, 0.2) is 158 Å². The van der Waals surface area contributed by atoms with Gasteiger partial charge in [-0.15, -0.1) is 11.3 Å². The molecule has 0 saturated heterocycles. The Bertz CT molecular complexity index is 2930. The Morgan fingerprint density at radius 1 is 0.490 bits per heavy atom. The van der Waals surface area contributed by atoms with E-state index in [1.165, 1.54) is 58.7 Å². The van der Waals surface area contributed by atoms with Crippen LogP contribution in [-0.4, -0.2) is 14.1 Å². The van der Waals surface area contributed by atoms with Crippen molar-refractivity contribution in [3.8, 4) is 33.9 Å². The molecule has 0 atom stereocenters. The molecule has 0 amide bonds. The van der Waals surface area contributed by atoms with Crippen LogP contribution in [0.1, 0.15) is 26.3 Å². The van der Waals surface area contributed by atoms with E-state index in [1.807, 2.05) is 11.3 Å². The van der Waals surface area contributed by atoms with Gasteiger partial charge < -0.3 is 4.57 Å². The van der Waals surface area contributed by atoms with Crippen LogP contribution in [0.2, 0.25) is 0 Å². The number of aromatic nitrogens is 3. The molecule has 0 N–H and O–H groups in total. The third-order valence-electron chi connectivity index (χ3n) is 10.3. The Morgan fingerprint density at radius 2 is 1.12 bits per heavy atom. The second kappa shape index (κ2) is 11.3. The highest BCUT2D eigenvalue weighted by molar-refractivity contribution is 7.26. The number of hydrogen-bond acceptors (Lipinski definition) is 2. The molecule has 0 aliphatic rings. The third-order valence-corrected chi connectivity index (χ3v) is 11.5. The highest BCUT2D eigenvalue weighted by atomic mass is 32.1. The first-order chi connectivity index (χ1) is 24.9. The first kappa shape index (κ1) is 29.9. The SMILES string of the molecule is CC(C)(C)c1ccc(-n2c(-c3ccc(-n4c5ccccc5c5cc(-c6cccc7c6sc6ccccc67)ccc54)cc3)nc3ccccc32)cc1. The summed E-state index contributed by atoms with van der Waals surface area (Å²) < 4.78 is 7.35. The van der Waals surface area contributed by atoms with Gasteiger partial charge in [-0.2, -0.15) is 0 Å². The molecule has 4 heteroatoms. The molecule has 0 aliphatic carbocycles. The molecule has 244 valence electrons. The Kier molecular flexibility index (Phi) is 6.61. The molecule has 0 unspecified atom stereocenters. The summed E-state index contributed by atoms with van der Waals surface area (Å²) in [6.07, 6.45) is 0. The third kappa shape index (κ3) is 4.75. The lowest BCUT2D eigenvalue weighted by molar-refractivity contribution is 0.590. The summed E-state index contributed by atoms with van der Waals surface area (Å²) >= 11 is 1.88. The van der Waals surface area contributed by atoms with Crippen LogP contribution < -0.4 is 0 Å². The molecule has 3 heterocycles. The maximum atomic E-state index is 5.15. The van der Waals surface area contributed by atoms with Crippen molar-refractivity contribution < 1.29 is 0 Å². The first-order valence-electron chi connectivity index (χ1n) is 17.6. The molecular formula is C47H35N3S. The number of thiophene rings is 1. The summed E-state index contributed by atoms with van der Waals surface area (Å²) in [7, 11) is 0. The largest absolute Gasteiger partial charge is 0.309 e. The fourth-order valence-corrected chi connectivity index (χ4v) is 8.98. The van der Waals surface area contributed by atoms with Crippen molar-refractivity contribution in [1.29, 1.82) is 0 Å². The van der Waals surface area contributed by atoms with Gasteiger partial charge in [0.05, 0.1) is 22.1 Å². The Labute approximate surface area is 300 Å². The van der Waals surface area contributed by atoms with Crippen LogP contribution in [0.4, 0.5) is 0 Å². The number of rotatable bonds is 4. The highest BCUT2D eigenvalue weighted by Crippen LogP contribution is 2.42. The maximum absolute atomic E-state index is 5.15. The fraction of sp³-hybridized carbons (Fsp3) is 0.0851. The van der Waals surface area contributed by atoms with Crippen LogP contribution >= 0.6 is 11.3 Å². The molecule has 0 aliphatic heterocycles.